The topological polar surface area (TPSA) is 49.4 Å². The lowest BCUT2D eigenvalue weighted by Crippen LogP contribution is -2.29. The monoisotopic (exact) mass is 358 g/mol. The first-order valence-corrected chi connectivity index (χ1v) is 8.61. The third-order valence-corrected chi connectivity index (χ3v) is 4.53. The Labute approximate surface area is 150 Å². The minimum Gasteiger partial charge on any atom is -0.342 e. The normalized spacial score (nSPS) is 16.8. The Morgan fingerprint density at radius 3 is 2.46 bits per heavy atom. The van der Waals surface area contributed by atoms with Gasteiger partial charge in [-0.2, -0.15) is 0 Å². The van der Waals surface area contributed by atoms with Crippen LogP contribution in [0.3, 0.4) is 0 Å². The van der Waals surface area contributed by atoms with E-state index in [9.17, 15) is 18.4 Å². The number of nitrogens with zero attached hydrogens (tertiary/aromatic N) is 1. The summed E-state index contributed by atoms with van der Waals surface area (Å²) < 4.78 is 27.3. The van der Waals surface area contributed by atoms with Crippen LogP contribution in [-0.4, -0.2) is 29.8 Å². The molecule has 2 amide bonds. The fourth-order valence-corrected chi connectivity index (χ4v) is 3.13. The number of carbonyl (C=O) groups excluding carboxylic acids is 2. The second-order valence-corrected chi connectivity index (χ2v) is 6.42. The zero-order valence-corrected chi connectivity index (χ0v) is 14.3. The van der Waals surface area contributed by atoms with Crippen molar-refractivity contribution in [1.82, 2.24) is 4.90 Å². The van der Waals surface area contributed by atoms with E-state index in [4.69, 9.17) is 0 Å². The number of halogens is 2. The van der Waals surface area contributed by atoms with Crippen molar-refractivity contribution in [2.75, 3.05) is 18.4 Å². The Bertz CT molecular complexity index is 775. The standard InChI is InChI=1S/C20H20F2N2O2/c21-16-9-4-10-17(22)19(16)23-20(26)15-12-18(25)24(13-15)11-5-8-14-6-2-1-3-7-14/h1-4,6-7,9-10,15H,5,8,11-13H2,(H,23,26). The van der Waals surface area contributed by atoms with Crippen molar-refractivity contribution in [3.8, 4) is 0 Å². The van der Waals surface area contributed by atoms with Crippen LogP contribution < -0.4 is 5.32 Å². The van der Waals surface area contributed by atoms with Gasteiger partial charge in [0.1, 0.15) is 17.3 Å². The zero-order chi connectivity index (χ0) is 18.5. The van der Waals surface area contributed by atoms with E-state index >= 15 is 0 Å². The van der Waals surface area contributed by atoms with E-state index in [0.717, 1.165) is 25.0 Å². The molecule has 1 unspecified atom stereocenters. The van der Waals surface area contributed by atoms with E-state index < -0.39 is 29.1 Å². The van der Waals surface area contributed by atoms with E-state index in [2.05, 4.69) is 5.32 Å². The van der Waals surface area contributed by atoms with E-state index in [0.29, 0.717) is 6.54 Å². The molecule has 1 N–H and O–H groups in total. The van der Waals surface area contributed by atoms with Gasteiger partial charge in [0.05, 0.1) is 5.92 Å². The third kappa shape index (κ3) is 4.25. The summed E-state index contributed by atoms with van der Waals surface area (Å²) in [5, 5.41) is 2.28. The minimum absolute atomic E-state index is 0.0627. The largest absolute Gasteiger partial charge is 0.342 e. The van der Waals surface area contributed by atoms with Gasteiger partial charge in [0, 0.05) is 19.5 Å². The van der Waals surface area contributed by atoms with Crippen LogP contribution in [0.25, 0.3) is 0 Å². The average Bonchev–Trinajstić information content (AvgIpc) is 3.00. The molecule has 0 saturated carbocycles. The Kier molecular flexibility index (Phi) is 5.61. The number of anilines is 1. The van der Waals surface area contributed by atoms with Gasteiger partial charge >= 0.3 is 0 Å². The highest BCUT2D eigenvalue weighted by Crippen LogP contribution is 2.23. The van der Waals surface area contributed by atoms with E-state index in [1.54, 1.807) is 4.90 Å². The molecule has 1 fully saturated rings. The molecule has 1 heterocycles. The van der Waals surface area contributed by atoms with Gasteiger partial charge < -0.3 is 10.2 Å². The molecule has 6 heteroatoms. The molecule has 1 saturated heterocycles. The molecule has 0 aliphatic carbocycles. The van der Waals surface area contributed by atoms with Crippen molar-refractivity contribution >= 4 is 17.5 Å². The van der Waals surface area contributed by atoms with Gasteiger partial charge in [-0.3, -0.25) is 9.59 Å². The third-order valence-electron chi connectivity index (χ3n) is 4.53. The number of hydrogen-bond donors (Lipinski definition) is 1. The van der Waals surface area contributed by atoms with Gasteiger partial charge in [-0.25, -0.2) is 8.78 Å². The first-order chi connectivity index (χ1) is 12.5. The fourth-order valence-electron chi connectivity index (χ4n) is 3.13. The summed E-state index contributed by atoms with van der Waals surface area (Å²) >= 11 is 0. The maximum Gasteiger partial charge on any atom is 0.229 e. The highest BCUT2D eigenvalue weighted by molar-refractivity contribution is 5.97. The number of rotatable bonds is 6. The van der Waals surface area contributed by atoms with Crippen LogP contribution >= 0.6 is 0 Å². The van der Waals surface area contributed by atoms with Crippen LogP contribution in [0.5, 0.6) is 0 Å². The van der Waals surface area contributed by atoms with Gasteiger partial charge in [-0.05, 0) is 30.5 Å². The highest BCUT2D eigenvalue weighted by Gasteiger charge is 2.34. The van der Waals surface area contributed by atoms with Gasteiger partial charge in [0.15, 0.2) is 0 Å². The number of aryl methyl sites for hydroxylation is 1. The summed E-state index contributed by atoms with van der Waals surface area (Å²) in [5.41, 5.74) is 0.732. The number of para-hydroxylation sites is 1. The maximum atomic E-state index is 13.6. The van der Waals surface area contributed by atoms with Crippen molar-refractivity contribution in [2.24, 2.45) is 5.92 Å². The van der Waals surface area contributed by atoms with Gasteiger partial charge in [-0.15, -0.1) is 0 Å². The summed E-state index contributed by atoms with van der Waals surface area (Å²) in [6.45, 7) is 0.834. The van der Waals surface area contributed by atoms with Crippen molar-refractivity contribution in [3.05, 3.63) is 65.7 Å². The quantitative estimate of drug-likeness (QED) is 0.861. The van der Waals surface area contributed by atoms with Crippen LogP contribution in [-0.2, 0) is 16.0 Å². The highest BCUT2D eigenvalue weighted by atomic mass is 19.1. The van der Waals surface area contributed by atoms with Crippen molar-refractivity contribution in [1.29, 1.82) is 0 Å². The Hall–Kier alpha value is -2.76. The SMILES string of the molecule is O=C(Nc1c(F)cccc1F)C1CC(=O)N(CCCc2ccccc2)C1. The summed E-state index contributed by atoms with van der Waals surface area (Å²) in [6, 6.07) is 13.3. The number of carbonyl (C=O) groups is 2. The Morgan fingerprint density at radius 1 is 1.08 bits per heavy atom. The molecule has 3 rings (SSSR count). The number of benzene rings is 2. The molecular weight excluding hydrogens is 338 g/mol. The summed E-state index contributed by atoms with van der Waals surface area (Å²) in [5.74, 6) is -2.90. The first kappa shape index (κ1) is 18.0. The van der Waals surface area contributed by atoms with Crippen LogP contribution in [0.4, 0.5) is 14.5 Å². The lowest BCUT2D eigenvalue weighted by Gasteiger charge is -2.16. The molecule has 26 heavy (non-hydrogen) atoms. The number of likely N-dealkylation sites (tertiary alicyclic amines) is 1. The molecule has 1 aliphatic heterocycles. The second kappa shape index (κ2) is 8.08. The molecule has 1 atom stereocenters. The lowest BCUT2D eigenvalue weighted by atomic mass is 10.1. The maximum absolute atomic E-state index is 13.6. The van der Waals surface area contributed by atoms with Crippen LogP contribution in [0.1, 0.15) is 18.4 Å². The second-order valence-electron chi connectivity index (χ2n) is 6.42. The zero-order valence-electron chi connectivity index (χ0n) is 14.3. The number of amides is 2. The Morgan fingerprint density at radius 2 is 1.77 bits per heavy atom. The van der Waals surface area contributed by atoms with Crippen LogP contribution in [0.15, 0.2) is 48.5 Å². The smallest absolute Gasteiger partial charge is 0.229 e. The fraction of sp³-hybridized carbons (Fsp3) is 0.300. The minimum atomic E-state index is -0.831. The molecule has 2 aromatic rings. The predicted molar refractivity (Wildman–Crippen MR) is 94.4 cm³/mol. The molecular formula is C20H20F2N2O2. The molecule has 136 valence electrons. The molecule has 0 spiro atoms. The summed E-state index contributed by atoms with van der Waals surface area (Å²) in [6.07, 6.45) is 1.71. The van der Waals surface area contributed by atoms with Gasteiger partial charge in [0.2, 0.25) is 11.8 Å². The van der Waals surface area contributed by atoms with Gasteiger partial charge in [0.25, 0.3) is 0 Å². The van der Waals surface area contributed by atoms with Crippen molar-refractivity contribution in [3.63, 3.8) is 0 Å². The number of hydrogen-bond acceptors (Lipinski definition) is 2. The molecule has 2 aromatic carbocycles. The van der Waals surface area contributed by atoms with E-state index in [-0.39, 0.29) is 18.9 Å². The van der Waals surface area contributed by atoms with Crippen LogP contribution in [0.2, 0.25) is 0 Å². The number of nitrogens with one attached hydrogen (secondary N) is 1. The predicted octanol–water partition coefficient (Wildman–Crippen LogP) is 3.38. The Balaban J connectivity index is 1.53. The molecule has 0 radical (unpaired) electrons. The molecule has 1 aliphatic rings. The average molecular weight is 358 g/mol. The molecule has 0 aromatic heterocycles. The molecule has 0 bridgehead atoms. The summed E-state index contributed by atoms with van der Waals surface area (Å²) in [7, 11) is 0. The first-order valence-electron chi connectivity index (χ1n) is 8.61. The molecule has 4 nitrogen and oxygen atoms in total. The van der Waals surface area contributed by atoms with Crippen molar-refractivity contribution < 1.29 is 18.4 Å². The summed E-state index contributed by atoms with van der Waals surface area (Å²) in [4.78, 5) is 26.0. The van der Waals surface area contributed by atoms with E-state index in [1.165, 1.54) is 11.6 Å². The van der Waals surface area contributed by atoms with Crippen molar-refractivity contribution in [2.45, 2.75) is 19.3 Å². The van der Waals surface area contributed by atoms with E-state index in [1.807, 2.05) is 30.3 Å². The lowest BCUT2D eigenvalue weighted by molar-refractivity contribution is -0.128. The van der Waals surface area contributed by atoms with Gasteiger partial charge in [-0.1, -0.05) is 36.4 Å². The van der Waals surface area contributed by atoms with Crippen LogP contribution in [0, 0.1) is 17.6 Å².